The Labute approximate surface area is 462 Å². The first-order valence-electron chi connectivity index (χ1n) is 26.0. The van der Waals surface area contributed by atoms with Crippen molar-refractivity contribution in [3.05, 3.63) is 135 Å². The molecule has 2 saturated heterocycles. The largest absolute Gasteiger partial charge is 0.443 e. The number of imide groups is 1. The zero-order valence-electron chi connectivity index (χ0n) is 45.2. The highest BCUT2D eigenvalue weighted by Crippen LogP contribution is 2.42. The molecule has 24 heteroatoms. The van der Waals surface area contributed by atoms with Gasteiger partial charge in [-0.25, -0.2) is 18.2 Å². The molecule has 79 heavy (non-hydrogen) atoms. The lowest BCUT2D eigenvalue weighted by Gasteiger charge is -2.44. The molecule has 22 nitrogen and oxygen atoms in total. The van der Waals surface area contributed by atoms with E-state index in [1.807, 2.05) is 75.9 Å². The lowest BCUT2D eigenvalue weighted by molar-refractivity contribution is -0.960. The number of likely N-dealkylation sites (tertiary alicyclic amines) is 1. The van der Waals surface area contributed by atoms with Crippen LogP contribution < -0.4 is 19.8 Å². The number of aromatic nitrogens is 4. The summed E-state index contributed by atoms with van der Waals surface area (Å²) in [5.41, 5.74) is 2.11. The summed E-state index contributed by atoms with van der Waals surface area (Å²) < 4.78 is 44.2. The van der Waals surface area contributed by atoms with Gasteiger partial charge in [0.2, 0.25) is 0 Å². The monoisotopic (exact) mass is 1120 g/mol. The molecule has 0 aliphatic carbocycles. The van der Waals surface area contributed by atoms with Gasteiger partial charge >= 0.3 is 6.09 Å². The quantitative estimate of drug-likeness (QED) is 0.0288. The van der Waals surface area contributed by atoms with Crippen molar-refractivity contribution < 1.29 is 51.3 Å². The van der Waals surface area contributed by atoms with E-state index in [9.17, 15) is 42.5 Å². The number of quaternary nitrogens is 1. The summed E-state index contributed by atoms with van der Waals surface area (Å²) in [4.78, 5) is 86.1. The summed E-state index contributed by atoms with van der Waals surface area (Å²) in [7, 11) is -2.64. The van der Waals surface area contributed by atoms with Gasteiger partial charge in [-0.05, 0) is 106 Å². The molecule has 2 N–H and O–H groups in total. The molecule has 5 amide bonds. The van der Waals surface area contributed by atoms with Crippen molar-refractivity contribution in [2.75, 3.05) is 66.7 Å². The number of pyridine rings is 1. The number of ether oxygens (including phenoxy) is 2. The van der Waals surface area contributed by atoms with Crippen LogP contribution in [0.3, 0.4) is 0 Å². The van der Waals surface area contributed by atoms with Crippen LogP contribution in [0.15, 0.2) is 95.0 Å². The Bertz CT molecular complexity index is 3370. The van der Waals surface area contributed by atoms with Gasteiger partial charge in [-0.15, -0.1) is 22.0 Å². The molecule has 0 radical (unpaired) electrons. The number of hydrogen-bond donors (Lipinski definition) is 2. The molecule has 0 saturated carbocycles. The van der Waals surface area contributed by atoms with Gasteiger partial charge in [0.15, 0.2) is 4.90 Å². The zero-order chi connectivity index (χ0) is 56.6. The number of sulfonamides is 1. The topological polar surface area (TPSA) is 258 Å². The molecule has 416 valence electrons. The van der Waals surface area contributed by atoms with Crippen LogP contribution in [0.1, 0.15) is 96.3 Å². The number of carbonyl (C=O) groups is 5. The van der Waals surface area contributed by atoms with Crippen LogP contribution in [0.5, 0.6) is 0 Å². The third-order valence-corrected chi connectivity index (χ3v) is 17.0. The molecule has 2 atom stereocenters. The van der Waals surface area contributed by atoms with E-state index in [1.165, 1.54) is 4.90 Å². The minimum Gasteiger partial charge on any atom is -0.443 e. The normalized spacial score (nSPS) is 18.8. The zero-order valence-corrected chi connectivity index (χ0v) is 46.8. The van der Waals surface area contributed by atoms with Gasteiger partial charge < -0.3 is 23.8 Å². The molecule has 0 spiro atoms. The number of benzene rings is 3. The smallest absolute Gasteiger partial charge is 0.415 e. The number of aryl methyl sites for hydroxylation is 1. The fourth-order valence-electron chi connectivity index (χ4n) is 10.9. The first kappa shape index (κ1) is 56.2. The Morgan fingerprint density at radius 3 is 2.35 bits per heavy atom. The molecule has 3 aromatic carbocycles. The Hall–Kier alpha value is -7.54. The lowest BCUT2D eigenvalue weighted by Crippen LogP contribution is -2.52. The summed E-state index contributed by atoms with van der Waals surface area (Å²) in [5.74, 6) is -0.118. The number of nitro benzene ring substituents is 1. The summed E-state index contributed by atoms with van der Waals surface area (Å²) >= 11 is 1.57. The number of rotatable bonds is 19. The summed E-state index contributed by atoms with van der Waals surface area (Å²) in [5, 5.41) is 23.2. The molecule has 9 rings (SSSR count). The molecule has 2 fully saturated rings. The summed E-state index contributed by atoms with van der Waals surface area (Å²) in [6.45, 7) is 13.5. The average Bonchev–Trinajstić information content (AvgIpc) is 4.16. The van der Waals surface area contributed by atoms with E-state index in [1.54, 1.807) is 35.1 Å². The van der Waals surface area contributed by atoms with Crippen LogP contribution in [0, 0.1) is 16.0 Å². The SMILES string of the molecule is CCN(C(=O)OC(C)(C)C)c1cc(C2(Cc3nncn3C)COC2)cc(N2Cc3c(SC)cc(C[N+]4(Cc5ccc(NS(=O)(=O)c6ccc(C(=O)NCCN7C(=O)C=CC7=O)cc6[N+](=O)[O-])cc5)CCC[C@H](C)C4)cc3C2=O)n1. The predicted molar refractivity (Wildman–Crippen MR) is 294 cm³/mol. The van der Waals surface area contributed by atoms with E-state index in [2.05, 4.69) is 33.2 Å². The molecule has 4 aliphatic rings. The van der Waals surface area contributed by atoms with Crippen LogP contribution in [0.2, 0.25) is 0 Å². The van der Waals surface area contributed by atoms with Crippen molar-refractivity contribution in [1.82, 2.24) is 30.0 Å². The van der Waals surface area contributed by atoms with Crippen molar-refractivity contribution in [3.63, 3.8) is 0 Å². The van der Waals surface area contributed by atoms with E-state index >= 15 is 0 Å². The maximum atomic E-state index is 15.0. The third-order valence-electron chi connectivity index (χ3n) is 14.7. The molecular weight excluding hydrogens is 1050 g/mol. The first-order chi connectivity index (χ1) is 37.5. The second kappa shape index (κ2) is 22.3. The van der Waals surface area contributed by atoms with Gasteiger partial charge in [0, 0.05) is 95.5 Å². The van der Waals surface area contributed by atoms with Crippen LogP contribution in [0.25, 0.3) is 0 Å². The molecule has 1 unspecified atom stereocenters. The Morgan fingerprint density at radius 2 is 1.73 bits per heavy atom. The standard InChI is InChI=1S/C55H63N11O11S2/c1-8-62(53(71)77-54(3,4)5)46-25-39(55(32-76-33-55)27-48-59-57-34-61(48)6)26-47(58-46)64-28-42-41(52(64)70)22-37(23-44(42)78-7)31-66(21-9-10-35(2)29-66)30-36-11-14-40(15-12-36)60-79(74,75)45-16-13-38(24-43(45)65(72)73)51(69)56-19-20-63-49(67)17-18-50(63)68/h11-18,22-26,34-35,60H,8-10,19-21,27-33H2,1-7H3/p+1/t35-,66?/m0/s1. The number of piperidine rings is 1. The number of thioether (sulfide) groups is 1. The number of fused-ring (bicyclic) bond motifs is 1. The third kappa shape index (κ3) is 12.1. The van der Waals surface area contributed by atoms with Gasteiger partial charge in [-0.3, -0.25) is 48.7 Å². The molecule has 0 bridgehead atoms. The van der Waals surface area contributed by atoms with Crippen LogP contribution in [-0.2, 0) is 67.6 Å². The number of anilines is 3. The molecular formula is C55H64N11O11S2+. The van der Waals surface area contributed by atoms with Gasteiger partial charge in [-0.2, -0.15) is 0 Å². The average molecular weight is 1120 g/mol. The van der Waals surface area contributed by atoms with Crippen molar-refractivity contribution in [2.24, 2.45) is 13.0 Å². The van der Waals surface area contributed by atoms with E-state index in [4.69, 9.17) is 14.5 Å². The Kier molecular flexibility index (Phi) is 15.9. The lowest BCUT2D eigenvalue weighted by atomic mass is 9.75. The maximum Gasteiger partial charge on any atom is 0.415 e. The summed E-state index contributed by atoms with van der Waals surface area (Å²) in [6, 6.07) is 17.9. The van der Waals surface area contributed by atoms with E-state index < -0.39 is 60.4 Å². The second-order valence-corrected chi connectivity index (χ2v) is 24.3. The van der Waals surface area contributed by atoms with Crippen molar-refractivity contribution >= 4 is 74.5 Å². The van der Waals surface area contributed by atoms with Gasteiger partial charge in [0.1, 0.15) is 42.5 Å². The fraction of sp³-hybridized carbons (Fsp3) is 0.418. The van der Waals surface area contributed by atoms with E-state index in [-0.39, 0.29) is 43.3 Å². The Balaban J connectivity index is 0.944. The van der Waals surface area contributed by atoms with Crippen LogP contribution in [-0.4, -0.2) is 130 Å². The van der Waals surface area contributed by atoms with Crippen LogP contribution in [0.4, 0.5) is 27.8 Å². The fourth-order valence-corrected chi connectivity index (χ4v) is 12.8. The number of amides is 5. The van der Waals surface area contributed by atoms with Gasteiger partial charge in [-0.1, -0.05) is 19.1 Å². The van der Waals surface area contributed by atoms with Crippen LogP contribution >= 0.6 is 11.8 Å². The summed E-state index contributed by atoms with van der Waals surface area (Å²) in [6.07, 6.45) is 7.86. The highest BCUT2D eigenvalue weighted by molar-refractivity contribution is 7.98. The number of nitrogens with zero attached hydrogens (tertiary/aromatic N) is 9. The molecule has 6 heterocycles. The van der Waals surface area contributed by atoms with E-state index in [0.29, 0.717) is 60.3 Å². The number of hydrogen-bond acceptors (Lipinski definition) is 15. The second-order valence-electron chi connectivity index (χ2n) is 21.8. The van der Waals surface area contributed by atoms with Gasteiger partial charge in [0.25, 0.3) is 39.3 Å². The van der Waals surface area contributed by atoms with E-state index in [0.717, 1.165) is 94.2 Å². The molecule has 2 aromatic heterocycles. The number of nitro groups is 1. The number of nitrogens with one attached hydrogen (secondary N) is 2. The predicted octanol–water partition coefficient (Wildman–Crippen LogP) is 6.68. The minimum absolute atomic E-state index is 0.121. The first-order valence-corrected chi connectivity index (χ1v) is 28.7. The van der Waals surface area contributed by atoms with Gasteiger partial charge in [0.05, 0.1) is 37.8 Å². The Morgan fingerprint density at radius 1 is 1.01 bits per heavy atom. The van der Waals surface area contributed by atoms with Crippen molar-refractivity contribution in [1.29, 1.82) is 0 Å². The highest BCUT2D eigenvalue weighted by Gasteiger charge is 2.44. The van der Waals surface area contributed by atoms with Crippen molar-refractivity contribution in [3.8, 4) is 0 Å². The molecule has 4 aliphatic heterocycles. The number of carbonyl (C=O) groups excluding carboxylic acids is 5. The highest BCUT2D eigenvalue weighted by atomic mass is 32.2. The molecule has 5 aromatic rings. The van der Waals surface area contributed by atoms with Crippen molar-refractivity contribution in [2.45, 2.75) is 94.3 Å². The minimum atomic E-state index is -4.53. The maximum absolute atomic E-state index is 15.0.